The fraction of sp³-hybridized carbons (Fsp3) is 1.00. The Bertz CT molecular complexity index is 171. The molecule has 1 unspecified atom stereocenters. The predicted molar refractivity (Wildman–Crippen MR) is 51.7 cm³/mol. The second-order valence-electron chi connectivity index (χ2n) is 3.23. The fourth-order valence-electron chi connectivity index (χ4n) is 0.718. The van der Waals surface area contributed by atoms with Crippen LogP contribution in [-0.2, 0) is 13.6 Å². The minimum Gasteiger partial charge on any atom is -0.398 e. The molecular weight excluding hydrogens is 229 g/mol. The summed E-state index contributed by atoms with van der Waals surface area (Å²) in [6, 6.07) is 0.728. The van der Waals surface area contributed by atoms with E-state index in [1.165, 1.54) is 7.11 Å². The van der Waals surface area contributed by atoms with Crippen molar-refractivity contribution >= 4 is 8.56 Å². The normalized spacial score (nSPS) is 16.4. The largest absolute Gasteiger partial charge is 0.398 e. The van der Waals surface area contributed by atoms with E-state index >= 15 is 0 Å². The van der Waals surface area contributed by atoms with Gasteiger partial charge in [-0.25, -0.2) is 0 Å². The van der Waals surface area contributed by atoms with Gasteiger partial charge in [-0.1, -0.05) is 6.92 Å². The number of rotatable bonds is 7. The molecule has 0 amide bonds. The maximum Gasteiger partial charge on any atom is 0.391 e. The Morgan fingerprint density at radius 3 is 2.27 bits per heavy atom. The average molecular weight is 246 g/mol. The Morgan fingerprint density at radius 2 is 1.87 bits per heavy atom. The van der Waals surface area contributed by atoms with Gasteiger partial charge in [0, 0.05) is 7.11 Å². The van der Waals surface area contributed by atoms with Crippen LogP contribution in [0.15, 0.2) is 0 Å². The molecule has 0 rings (SSSR count). The molecule has 0 aliphatic carbocycles. The lowest BCUT2D eigenvalue weighted by Crippen LogP contribution is -2.37. The molecule has 0 aliphatic heterocycles. The zero-order chi connectivity index (χ0) is 11.9. The van der Waals surface area contributed by atoms with Gasteiger partial charge in [0.1, 0.15) is 6.79 Å². The molecule has 0 aromatic rings. The predicted octanol–water partition coefficient (Wildman–Crippen LogP) is 2.67. The van der Waals surface area contributed by atoms with E-state index in [9.17, 15) is 13.2 Å². The van der Waals surface area contributed by atoms with E-state index in [1.807, 2.05) is 13.5 Å². The third-order valence-electron chi connectivity index (χ3n) is 2.05. The topological polar surface area (TPSA) is 27.7 Å². The fourth-order valence-corrected chi connectivity index (χ4v) is 1.66. The molecule has 92 valence electrons. The van der Waals surface area contributed by atoms with Crippen molar-refractivity contribution in [3.63, 3.8) is 0 Å². The summed E-state index contributed by atoms with van der Waals surface area (Å²) < 4.78 is 50.3. The van der Waals surface area contributed by atoms with E-state index < -0.39 is 21.2 Å². The quantitative estimate of drug-likeness (QED) is 0.392. The number of ether oxygens (including phenoxy) is 1. The van der Waals surface area contributed by atoms with Crippen LogP contribution in [0.2, 0.25) is 12.6 Å². The van der Waals surface area contributed by atoms with Crippen molar-refractivity contribution in [2.75, 3.05) is 20.5 Å². The summed E-state index contributed by atoms with van der Waals surface area (Å²) in [6.07, 6.45) is -5.12. The molecule has 3 nitrogen and oxygen atoms in total. The van der Waals surface area contributed by atoms with E-state index in [-0.39, 0.29) is 13.4 Å². The van der Waals surface area contributed by atoms with Crippen molar-refractivity contribution in [2.24, 2.45) is 0 Å². The molecule has 0 saturated heterocycles. The van der Waals surface area contributed by atoms with Gasteiger partial charge >= 0.3 is 14.7 Å². The van der Waals surface area contributed by atoms with Crippen molar-refractivity contribution in [3.05, 3.63) is 0 Å². The van der Waals surface area contributed by atoms with Gasteiger partial charge in [0.25, 0.3) is 0 Å². The number of hydrogen-bond donors (Lipinski definition) is 0. The molecule has 0 N–H and O–H groups in total. The van der Waals surface area contributed by atoms with Gasteiger partial charge in [0.05, 0.1) is 13.0 Å². The minimum atomic E-state index is -4.17. The third-order valence-corrected chi connectivity index (χ3v) is 4.93. The van der Waals surface area contributed by atoms with Crippen LogP contribution < -0.4 is 0 Å². The zero-order valence-corrected chi connectivity index (χ0v) is 10.2. The van der Waals surface area contributed by atoms with Crippen LogP contribution in [0.5, 0.6) is 0 Å². The van der Waals surface area contributed by atoms with Gasteiger partial charge in [0.15, 0.2) is 0 Å². The summed E-state index contributed by atoms with van der Waals surface area (Å²) in [5, 5.41) is 0. The highest BCUT2D eigenvalue weighted by Gasteiger charge is 2.29. The lowest BCUT2D eigenvalue weighted by atomic mass is 10.4. The summed E-state index contributed by atoms with van der Waals surface area (Å²) in [5.41, 5.74) is 0. The van der Waals surface area contributed by atoms with Crippen LogP contribution in [0.4, 0.5) is 13.2 Å². The molecule has 1 atom stereocenters. The Morgan fingerprint density at radius 1 is 1.27 bits per heavy atom. The summed E-state index contributed by atoms with van der Waals surface area (Å²) in [7, 11) is -0.666. The van der Waals surface area contributed by atoms with Crippen LogP contribution in [0.25, 0.3) is 0 Å². The highest BCUT2D eigenvalue weighted by molar-refractivity contribution is 6.65. The van der Waals surface area contributed by atoms with E-state index in [1.54, 1.807) is 0 Å². The van der Waals surface area contributed by atoms with Gasteiger partial charge in [-0.15, -0.1) is 0 Å². The van der Waals surface area contributed by atoms with Crippen molar-refractivity contribution < 1.29 is 26.8 Å². The Kier molecular flexibility index (Phi) is 6.42. The van der Waals surface area contributed by atoms with Crippen molar-refractivity contribution in [2.45, 2.75) is 32.1 Å². The lowest BCUT2D eigenvalue weighted by Gasteiger charge is -2.23. The summed E-state index contributed by atoms with van der Waals surface area (Å²) >= 11 is 0. The van der Waals surface area contributed by atoms with Crippen LogP contribution in [0.1, 0.15) is 13.3 Å². The average Bonchev–Trinajstić information content (AvgIpc) is 2.15. The second-order valence-corrected chi connectivity index (χ2v) is 6.90. The van der Waals surface area contributed by atoms with Crippen molar-refractivity contribution in [1.82, 2.24) is 0 Å². The van der Waals surface area contributed by atoms with E-state index in [0.717, 1.165) is 6.04 Å². The Hall–Kier alpha value is -0.113. The van der Waals surface area contributed by atoms with Crippen LogP contribution in [0.3, 0.4) is 0 Å². The van der Waals surface area contributed by atoms with Crippen LogP contribution >= 0.6 is 0 Å². The van der Waals surface area contributed by atoms with E-state index in [2.05, 4.69) is 0 Å². The van der Waals surface area contributed by atoms with Crippen LogP contribution in [0, 0.1) is 0 Å². The van der Waals surface area contributed by atoms with Gasteiger partial charge < -0.3 is 13.6 Å². The molecule has 0 radical (unpaired) electrons. The van der Waals surface area contributed by atoms with Crippen LogP contribution in [-0.4, -0.2) is 35.2 Å². The van der Waals surface area contributed by atoms with Gasteiger partial charge in [-0.3, -0.25) is 0 Å². The molecule has 0 spiro atoms. The molecule has 0 aromatic carbocycles. The first-order valence-electron chi connectivity index (χ1n) is 4.66. The smallest absolute Gasteiger partial charge is 0.391 e. The molecule has 7 heteroatoms. The minimum absolute atomic E-state index is 0.138. The molecule has 0 saturated carbocycles. The molecular formula is C8H17F3O3Si. The zero-order valence-electron chi connectivity index (χ0n) is 9.19. The first kappa shape index (κ1) is 14.9. The maximum absolute atomic E-state index is 11.7. The standard InChI is InChI=1S/C8H17F3O3Si/c1-4-15(3,12-2)14-7-13-6-5-8(9,10)11/h4-7H2,1-3H3. The Balaban J connectivity index is 3.54. The summed E-state index contributed by atoms with van der Waals surface area (Å²) in [4.78, 5) is 0. The third kappa shape index (κ3) is 7.77. The number of alkyl halides is 3. The first-order chi connectivity index (χ1) is 6.83. The van der Waals surface area contributed by atoms with E-state index in [0.29, 0.717) is 0 Å². The van der Waals surface area contributed by atoms with Crippen molar-refractivity contribution in [3.8, 4) is 0 Å². The Labute approximate surface area is 88.8 Å². The highest BCUT2D eigenvalue weighted by Crippen LogP contribution is 2.19. The molecule has 0 fully saturated rings. The molecule has 0 aromatic heterocycles. The lowest BCUT2D eigenvalue weighted by molar-refractivity contribution is -0.150. The second kappa shape index (κ2) is 6.47. The number of halogens is 3. The maximum atomic E-state index is 11.7. The SMILES string of the molecule is CC[Si](C)(OC)OCOCCC(F)(F)F. The van der Waals surface area contributed by atoms with Gasteiger partial charge in [0.2, 0.25) is 0 Å². The monoisotopic (exact) mass is 246 g/mol. The van der Waals surface area contributed by atoms with Gasteiger partial charge in [-0.2, -0.15) is 13.2 Å². The van der Waals surface area contributed by atoms with Crippen molar-refractivity contribution in [1.29, 1.82) is 0 Å². The van der Waals surface area contributed by atoms with E-state index in [4.69, 9.17) is 13.6 Å². The first-order valence-corrected chi connectivity index (χ1v) is 7.19. The molecule has 0 aliphatic rings. The van der Waals surface area contributed by atoms with Gasteiger partial charge in [-0.05, 0) is 12.6 Å². The number of hydrogen-bond acceptors (Lipinski definition) is 3. The summed E-state index contributed by atoms with van der Waals surface area (Å²) in [6.45, 7) is 3.23. The molecule has 0 heterocycles. The molecule has 0 bridgehead atoms. The molecule has 15 heavy (non-hydrogen) atoms. The summed E-state index contributed by atoms with van der Waals surface area (Å²) in [5.74, 6) is 0. The highest BCUT2D eigenvalue weighted by atomic mass is 28.4.